The average Bonchev–Trinajstić information content (AvgIpc) is 2.36. The van der Waals surface area contributed by atoms with Crippen LogP contribution in [0.2, 0.25) is 0 Å². The lowest BCUT2D eigenvalue weighted by Gasteiger charge is -2.10. The minimum absolute atomic E-state index is 0.0948. The lowest BCUT2D eigenvalue weighted by molar-refractivity contribution is 0.0426. The Balaban J connectivity index is 3.16. The van der Waals surface area contributed by atoms with Gasteiger partial charge in [0, 0.05) is 0 Å². The number of carbonyl (C=O) groups excluding carboxylic acids is 1. The van der Waals surface area contributed by atoms with E-state index in [1.807, 2.05) is 0 Å². The van der Waals surface area contributed by atoms with Gasteiger partial charge in [-0.25, -0.2) is 13.6 Å². The predicted molar refractivity (Wildman–Crippen MR) is 54.9 cm³/mol. The van der Waals surface area contributed by atoms with Crippen molar-refractivity contribution in [1.29, 1.82) is 0 Å². The van der Waals surface area contributed by atoms with Crippen molar-refractivity contribution in [3.05, 3.63) is 29.1 Å². The third-order valence-corrected chi connectivity index (χ3v) is 1.95. The Labute approximate surface area is 101 Å². The molecule has 0 aliphatic rings. The normalized spacial score (nSPS) is 10.3. The lowest BCUT2D eigenvalue weighted by Crippen LogP contribution is -2.13. The Morgan fingerprint density at radius 2 is 2.00 bits per heavy atom. The van der Waals surface area contributed by atoms with E-state index in [2.05, 4.69) is 9.47 Å². The maximum Gasteiger partial charge on any atom is 0.341 e. The fourth-order valence-electron chi connectivity index (χ4n) is 1.22. The summed E-state index contributed by atoms with van der Waals surface area (Å²) in [6.07, 6.45) is 0. The molecule has 0 saturated carbocycles. The van der Waals surface area contributed by atoms with E-state index in [-0.39, 0.29) is 13.2 Å². The molecule has 0 atom stereocenters. The van der Waals surface area contributed by atoms with Crippen LogP contribution >= 0.6 is 0 Å². The topological polar surface area (TPSA) is 55.8 Å². The first kappa shape index (κ1) is 14.3. The monoisotopic (exact) mass is 264 g/mol. The first-order valence-electron chi connectivity index (χ1n) is 5.11. The quantitative estimate of drug-likeness (QED) is 0.649. The van der Waals surface area contributed by atoms with Crippen LogP contribution in [-0.2, 0) is 4.74 Å². The third-order valence-electron chi connectivity index (χ3n) is 1.95. The van der Waals surface area contributed by atoms with Gasteiger partial charge in [-0.1, -0.05) is 0 Å². The highest BCUT2D eigenvalue weighted by atomic mass is 19.2. The second kappa shape index (κ2) is 6.25. The Bertz CT molecular complexity index is 448. The van der Waals surface area contributed by atoms with Gasteiger partial charge in [0.15, 0.2) is 17.4 Å². The van der Waals surface area contributed by atoms with E-state index in [1.54, 1.807) is 0 Å². The van der Waals surface area contributed by atoms with Crippen molar-refractivity contribution >= 4 is 5.97 Å². The zero-order chi connectivity index (χ0) is 13.7. The van der Waals surface area contributed by atoms with Crippen molar-refractivity contribution in [2.45, 2.75) is 6.92 Å². The number of benzene rings is 1. The molecule has 0 heterocycles. The van der Waals surface area contributed by atoms with E-state index in [0.29, 0.717) is 6.07 Å². The van der Waals surface area contributed by atoms with E-state index >= 15 is 0 Å². The summed E-state index contributed by atoms with van der Waals surface area (Å²) in [6, 6.07) is 0.382. The summed E-state index contributed by atoms with van der Waals surface area (Å²) in [5.41, 5.74) is -0.786. The molecule has 0 bridgehead atoms. The molecular formula is C11H11F3O4. The molecule has 4 nitrogen and oxygen atoms in total. The molecule has 0 aliphatic carbocycles. The van der Waals surface area contributed by atoms with E-state index in [1.165, 1.54) is 6.92 Å². The van der Waals surface area contributed by atoms with Crippen LogP contribution in [-0.4, -0.2) is 30.9 Å². The molecule has 7 heteroatoms. The fraction of sp³-hybridized carbons (Fsp3) is 0.364. The Morgan fingerprint density at radius 3 is 2.56 bits per heavy atom. The van der Waals surface area contributed by atoms with Gasteiger partial charge in [-0.05, 0) is 13.0 Å². The van der Waals surface area contributed by atoms with Crippen LogP contribution < -0.4 is 4.74 Å². The molecule has 18 heavy (non-hydrogen) atoms. The second-order valence-electron chi connectivity index (χ2n) is 3.16. The van der Waals surface area contributed by atoms with Crippen molar-refractivity contribution in [3.63, 3.8) is 0 Å². The molecule has 0 radical (unpaired) electrons. The Hall–Kier alpha value is -1.76. The molecule has 1 aromatic carbocycles. The zero-order valence-electron chi connectivity index (χ0n) is 9.50. The first-order valence-corrected chi connectivity index (χ1v) is 5.11. The van der Waals surface area contributed by atoms with Gasteiger partial charge in [0.25, 0.3) is 0 Å². The van der Waals surface area contributed by atoms with Crippen molar-refractivity contribution in [3.8, 4) is 5.75 Å². The van der Waals surface area contributed by atoms with Crippen LogP contribution in [0.15, 0.2) is 6.07 Å². The molecular weight excluding hydrogens is 253 g/mol. The highest BCUT2D eigenvalue weighted by Gasteiger charge is 2.24. The van der Waals surface area contributed by atoms with Crippen LogP contribution in [0.3, 0.4) is 0 Å². The van der Waals surface area contributed by atoms with Crippen molar-refractivity contribution in [2.75, 3.05) is 19.8 Å². The van der Waals surface area contributed by atoms with Crippen LogP contribution in [0.5, 0.6) is 5.75 Å². The Kier molecular flexibility index (Phi) is 4.96. The van der Waals surface area contributed by atoms with E-state index in [0.717, 1.165) is 0 Å². The van der Waals surface area contributed by atoms with Gasteiger partial charge in [-0.3, -0.25) is 0 Å². The number of carbonyl (C=O) groups is 1. The number of aliphatic hydroxyl groups is 1. The largest absolute Gasteiger partial charge is 0.488 e. The molecule has 100 valence electrons. The fourth-order valence-corrected chi connectivity index (χ4v) is 1.22. The van der Waals surface area contributed by atoms with Crippen LogP contribution in [0.1, 0.15) is 17.3 Å². The van der Waals surface area contributed by atoms with Gasteiger partial charge < -0.3 is 14.6 Å². The average molecular weight is 264 g/mol. The number of ether oxygens (including phenoxy) is 2. The first-order chi connectivity index (χ1) is 8.52. The smallest absolute Gasteiger partial charge is 0.341 e. The van der Waals surface area contributed by atoms with Gasteiger partial charge in [-0.15, -0.1) is 0 Å². The SMILES string of the molecule is CCOc1c(F)c(F)cc(C(=O)OCCO)c1F. The summed E-state index contributed by atoms with van der Waals surface area (Å²) in [6.45, 7) is 0.520. The molecule has 0 spiro atoms. The minimum atomic E-state index is -1.51. The van der Waals surface area contributed by atoms with Gasteiger partial charge >= 0.3 is 5.97 Å². The number of hydrogen-bond donors (Lipinski definition) is 1. The van der Waals surface area contributed by atoms with Gasteiger partial charge in [-0.2, -0.15) is 4.39 Å². The summed E-state index contributed by atoms with van der Waals surface area (Å²) in [4.78, 5) is 11.3. The summed E-state index contributed by atoms with van der Waals surface area (Å²) in [7, 11) is 0. The Morgan fingerprint density at radius 1 is 1.33 bits per heavy atom. The summed E-state index contributed by atoms with van der Waals surface area (Å²) in [5.74, 6) is -6.43. The maximum atomic E-state index is 13.7. The van der Waals surface area contributed by atoms with Gasteiger partial charge in [0.05, 0.1) is 13.2 Å². The van der Waals surface area contributed by atoms with Crippen molar-refractivity contribution in [2.24, 2.45) is 0 Å². The zero-order valence-corrected chi connectivity index (χ0v) is 9.50. The van der Waals surface area contributed by atoms with Crippen LogP contribution in [0.4, 0.5) is 13.2 Å². The number of esters is 1. The molecule has 1 N–H and O–H groups in total. The van der Waals surface area contributed by atoms with E-state index in [9.17, 15) is 18.0 Å². The van der Waals surface area contributed by atoms with E-state index < -0.39 is 41.3 Å². The molecule has 1 aromatic rings. The number of halogens is 3. The minimum Gasteiger partial charge on any atom is -0.488 e. The number of hydrogen-bond acceptors (Lipinski definition) is 4. The highest BCUT2D eigenvalue weighted by molar-refractivity contribution is 5.90. The summed E-state index contributed by atoms with van der Waals surface area (Å²) >= 11 is 0. The highest BCUT2D eigenvalue weighted by Crippen LogP contribution is 2.27. The predicted octanol–water partition coefficient (Wildman–Crippen LogP) is 1.65. The molecule has 0 aromatic heterocycles. The maximum absolute atomic E-state index is 13.7. The summed E-state index contributed by atoms with van der Waals surface area (Å²) < 4.78 is 49.1. The number of rotatable bonds is 5. The molecule has 0 saturated heterocycles. The van der Waals surface area contributed by atoms with Crippen molar-refractivity contribution < 1.29 is 32.5 Å². The van der Waals surface area contributed by atoms with E-state index in [4.69, 9.17) is 5.11 Å². The lowest BCUT2D eigenvalue weighted by atomic mass is 10.2. The molecule has 0 unspecified atom stereocenters. The summed E-state index contributed by atoms with van der Waals surface area (Å²) in [5, 5.41) is 8.44. The molecule has 0 aliphatic heterocycles. The third kappa shape index (κ3) is 2.92. The standard InChI is InChI=1S/C11H11F3O4/c1-2-17-10-8(13)6(5-7(12)9(10)14)11(16)18-4-3-15/h5,15H,2-4H2,1H3. The second-order valence-corrected chi connectivity index (χ2v) is 3.16. The van der Waals surface area contributed by atoms with Crippen LogP contribution in [0.25, 0.3) is 0 Å². The molecule has 1 rings (SSSR count). The van der Waals surface area contributed by atoms with Crippen molar-refractivity contribution in [1.82, 2.24) is 0 Å². The van der Waals surface area contributed by atoms with Gasteiger partial charge in [0.2, 0.25) is 5.82 Å². The number of aliphatic hydroxyl groups excluding tert-OH is 1. The van der Waals surface area contributed by atoms with Gasteiger partial charge in [0.1, 0.15) is 12.2 Å². The molecule has 0 amide bonds. The molecule has 0 fully saturated rings. The van der Waals surface area contributed by atoms with Crippen LogP contribution in [0, 0.1) is 17.5 Å².